The van der Waals surface area contributed by atoms with Crippen LogP contribution in [0.3, 0.4) is 0 Å². The summed E-state index contributed by atoms with van der Waals surface area (Å²) in [5.74, 6) is 1.52. The molecule has 8 heteroatoms. The first-order valence-electron chi connectivity index (χ1n) is 10.5. The van der Waals surface area contributed by atoms with Crippen LogP contribution in [0.1, 0.15) is 6.42 Å². The Kier molecular flexibility index (Phi) is 6.88. The monoisotopic (exact) mass is 457 g/mol. The lowest BCUT2D eigenvalue weighted by atomic mass is 10.2. The van der Waals surface area contributed by atoms with E-state index in [4.69, 9.17) is 14.2 Å². The predicted molar refractivity (Wildman–Crippen MR) is 130 cm³/mol. The minimum Gasteiger partial charge on any atom is -0.493 e. The van der Waals surface area contributed by atoms with Crippen LogP contribution in [0, 0.1) is 0 Å². The van der Waals surface area contributed by atoms with Gasteiger partial charge in [-0.2, -0.15) is 0 Å². The molecule has 0 saturated heterocycles. The average molecular weight is 457 g/mol. The molecular formula is C26H23N3O5. The first-order chi connectivity index (χ1) is 16.6. The first kappa shape index (κ1) is 22.6. The number of amides is 2. The number of pyridine rings is 1. The summed E-state index contributed by atoms with van der Waals surface area (Å²) in [5.41, 5.74) is 1.89. The third-order valence-corrected chi connectivity index (χ3v) is 4.95. The van der Waals surface area contributed by atoms with E-state index >= 15 is 0 Å². The second kappa shape index (κ2) is 10.4. The topological polar surface area (TPSA) is 98.8 Å². The fourth-order valence-electron chi connectivity index (χ4n) is 3.35. The van der Waals surface area contributed by atoms with Crippen molar-refractivity contribution in [3.8, 4) is 23.0 Å². The van der Waals surface area contributed by atoms with Crippen LogP contribution in [0.25, 0.3) is 10.9 Å². The lowest BCUT2D eigenvalue weighted by molar-refractivity contribution is -0.123. The van der Waals surface area contributed by atoms with Gasteiger partial charge < -0.3 is 24.8 Å². The molecule has 2 amide bonds. The zero-order valence-corrected chi connectivity index (χ0v) is 18.7. The fourth-order valence-corrected chi connectivity index (χ4v) is 3.35. The number of rotatable bonds is 8. The number of aromatic nitrogens is 1. The van der Waals surface area contributed by atoms with Crippen LogP contribution in [0.2, 0.25) is 0 Å². The molecule has 0 aliphatic carbocycles. The van der Waals surface area contributed by atoms with Crippen LogP contribution >= 0.6 is 0 Å². The molecule has 0 spiro atoms. The molecule has 0 saturated carbocycles. The van der Waals surface area contributed by atoms with E-state index in [1.165, 1.54) is 0 Å². The van der Waals surface area contributed by atoms with Crippen molar-refractivity contribution in [1.29, 1.82) is 0 Å². The zero-order chi connectivity index (χ0) is 23.9. The molecule has 0 fully saturated rings. The second-order valence-electron chi connectivity index (χ2n) is 7.30. The maximum Gasteiger partial charge on any atom is 0.233 e. The molecule has 3 aromatic carbocycles. The Morgan fingerprint density at radius 2 is 1.38 bits per heavy atom. The van der Waals surface area contributed by atoms with Gasteiger partial charge in [-0.3, -0.25) is 14.6 Å². The molecule has 172 valence electrons. The Hall–Kier alpha value is -4.59. The van der Waals surface area contributed by atoms with E-state index in [0.717, 1.165) is 5.39 Å². The molecule has 0 aliphatic heterocycles. The van der Waals surface area contributed by atoms with Gasteiger partial charge in [0.1, 0.15) is 17.9 Å². The minimum atomic E-state index is -0.414. The number of nitrogens with one attached hydrogen (secondary N) is 2. The highest BCUT2D eigenvalue weighted by Gasteiger charge is 2.12. The highest BCUT2D eigenvalue weighted by Crippen LogP contribution is 2.36. The van der Waals surface area contributed by atoms with Crippen molar-refractivity contribution in [2.24, 2.45) is 0 Å². The highest BCUT2D eigenvalue weighted by molar-refractivity contribution is 6.08. The van der Waals surface area contributed by atoms with Gasteiger partial charge in [0, 0.05) is 29.0 Å². The summed E-state index contributed by atoms with van der Waals surface area (Å²) in [6.07, 6.45) is 1.36. The van der Waals surface area contributed by atoms with Crippen LogP contribution in [0.4, 0.5) is 11.4 Å². The van der Waals surface area contributed by atoms with Crippen molar-refractivity contribution in [3.05, 3.63) is 79.0 Å². The molecule has 0 unspecified atom stereocenters. The highest BCUT2D eigenvalue weighted by atomic mass is 16.5. The smallest absolute Gasteiger partial charge is 0.233 e. The summed E-state index contributed by atoms with van der Waals surface area (Å²) in [6.45, 7) is 0. The SMILES string of the molecule is COc1cc2nccc(Oc3ccc(NC(=O)CC(=O)Nc4ccccc4)cc3)c2cc1OC. The molecule has 4 rings (SSSR count). The van der Waals surface area contributed by atoms with Gasteiger partial charge in [0.25, 0.3) is 0 Å². The molecule has 8 nitrogen and oxygen atoms in total. The van der Waals surface area contributed by atoms with E-state index in [9.17, 15) is 9.59 Å². The van der Waals surface area contributed by atoms with Crippen molar-refractivity contribution < 1.29 is 23.8 Å². The Bertz CT molecular complexity index is 1310. The quantitative estimate of drug-likeness (QED) is 0.361. The van der Waals surface area contributed by atoms with Crippen molar-refractivity contribution in [3.63, 3.8) is 0 Å². The number of carbonyl (C=O) groups excluding carboxylic acids is 2. The molecular weight excluding hydrogens is 434 g/mol. The van der Waals surface area contributed by atoms with Crippen molar-refractivity contribution >= 4 is 34.1 Å². The van der Waals surface area contributed by atoms with E-state index in [1.807, 2.05) is 12.1 Å². The number of fused-ring (bicyclic) bond motifs is 1. The third-order valence-electron chi connectivity index (χ3n) is 4.95. The summed E-state index contributed by atoms with van der Waals surface area (Å²) in [7, 11) is 3.14. The largest absolute Gasteiger partial charge is 0.493 e. The standard InChI is InChI=1S/C26H23N3O5/c1-32-23-14-20-21(15-24(23)33-2)27-13-12-22(20)34-19-10-8-18(9-11-19)29-26(31)16-25(30)28-17-6-4-3-5-7-17/h3-15H,16H2,1-2H3,(H,28,30)(H,29,31). The van der Waals surface area contributed by atoms with Gasteiger partial charge in [-0.25, -0.2) is 0 Å². The fraction of sp³-hybridized carbons (Fsp3) is 0.115. The van der Waals surface area contributed by atoms with Crippen molar-refractivity contribution in [2.75, 3.05) is 24.9 Å². The Labute approximate surface area is 196 Å². The van der Waals surface area contributed by atoms with Gasteiger partial charge in [0.15, 0.2) is 11.5 Å². The maximum atomic E-state index is 12.2. The van der Waals surface area contributed by atoms with Gasteiger partial charge in [-0.05, 0) is 48.5 Å². The molecule has 4 aromatic rings. The van der Waals surface area contributed by atoms with Gasteiger partial charge in [-0.1, -0.05) is 18.2 Å². The normalized spacial score (nSPS) is 10.4. The van der Waals surface area contributed by atoms with E-state index in [2.05, 4.69) is 15.6 Å². The minimum absolute atomic E-state index is 0.290. The number of carbonyl (C=O) groups is 2. The predicted octanol–water partition coefficient (Wildman–Crippen LogP) is 5.01. The number of para-hydroxylation sites is 1. The molecule has 34 heavy (non-hydrogen) atoms. The zero-order valence-electron chi connectivity index (χ0n) is 18.7. The number of hydrogen-bond donors (Lipinski definition) is 2. The van der Waals surface area contributed by atoms with Crippen LogP contribution < -0.4 is 24.8 Å². The van der Waals surface area contributed by atoms with Gasteiger partial charge >= 0.3 is 0 Å². The van der Waals surface area contributed by atoms with Gasteiger partial charge in [0.2, 0.25) is 11.8 Å². The van der Waals surface area contributed by atoms with E-state index in [0.29, 0.717) is 39.9 Å². The molecule has 0 bridgehead atoms. The number of nitrogens with zero attached hydrogens (tertiary/aromatic N) is 1. The summed E-state index contributed by atoms with van der Waals surface area (Å²) in [5, 5.41) is 6.16. The van der Waals surface area contributed by atoms with Gasteiger partial charge in [-0.15, -0.1) is 0 Å². The number of benzene rings is 3. The number of methoxy groups -OCH3 is 2. The van der Waals surface area contributed by atoms with Crippen LogP contribution in [-0.4, -0.2) is 31.0 Å². The van der Waals surface area contributed by atoms with E-state index in [-0.39, 0.29) is 12.3 Å². The number of ether oxygens (including phenoxy) is 3. The van der Waals surface area contributed by atoms with E-state index < -0.39 is 5.91 Å². The summed E-state index contributed by atoms with van der Waals surface area (Å²) in [6, 6.07) is 21.2. The maximum absolute atomic E-state index is 12.2. The van der Waals surface area contributed by atoms with Crippen molar-refractivity contribution in [1.82, 2.24) is 4.98 Å². The molecule has 0 atom stereocenters. The Morgan fingerprint density at radius 1 is 0.765 bits per heavy atom. The lowest BCUT2D eigenvalue weighted by Gasteiger charge is -2.12. The molecule has 1 heterocycles. The number of hydrogen-bond acceptors (Lipinski definition) is 6. The average Bonchev–Trinajstić information content (AvgIpc) is 2.85. The first-order valence-corrected chi connectivity index (χ1v) is 10.5. The van der Waals surface area contributed by atoms with Crippen molar-refractivity contribution in [2.45, 2.75) is 6.42 Å². The van der Waals surface area contributed by atoms with Crippen LogP contribution in [-0.2, 0) is 9.59 Å². The molecule has 0 radical (unpaired) electrons. The summed E-state index contributed by atoms with van der Waals surface area (Å²) >= 11 is 0. The van der Waals surface area contributed by atoms with E-state index in [1.54, 1.807) is 81.1 Å². The number of anilines is 2. The molecule has 2 N–H and O–H groups in total. The molecule has 1 aromatic heterocycles. The van der Waals surface area contributed by atoms with Crippen LogP contribution in [0.5, 0.6) is 23.0 Å². The molecule has 0 aliphatic rings. The Balaban J connectivity index is 1.40. The summed E-state index contributed by atoms with van der Waals surface area (Å²) < 4.78 is 16.8. The van der Waals surface area contributed by atoms with Crippen LogP contribution in [0.15, 0.2) is 79.0 Å². The van der Waals surface area contributed by atoms with Gasteiger partial charge in [0.05, 0.1) is 19.7 Å². The second-order valence-corrected chi connectivity index (χ2v) is 7.30. The lowest BCUT2D eigenvalue weighted by Crippen LogP contribution is -2.21. The summed E-state index contributed by atoms with van der Waals surface area (Å²) in [4.78, 5) is 28.6. The third kappa shape index (κ3) is 5.42. The Morgan fingerprint density at radius 3 is 2.03 bits per heavy atom.